The number of methoxy groups -OCH3 is 1. The molecule has 0 aromatic carbocycles. The van der Waals surface area contributed by atoms with Crippen LogP contribution in [-0.4, -0.2) is 39.9 Å². The second-order valence-electron chi connectivity index (χ2n) is 4.95. The van der Waals surface area contributed by atoms with E-state index < -0.39 is 5.97 Å². The van der Waals surface area contributed by atoms with Gasteiger partial charge in [-0.25, -0.2) is 14.8 Å². The van der Waals surface area contributed by atoms with E-state index in [1.807, 2.05) is 0 Å². The highest BCUT2D eigenvalue weighted by Crippen LogP contribution is 2.39. The zero-order valence-electron chi connectivity index (χ0n) is 12.1. The molecule has 1 aliphatic rings. The van der Waals surface area contributed by atoms with Gasteiger partial charge in [-0.2, -0.15) is 0 Å². The number of hydrogen-bond acceptors (Lipinski definition) is 6. The summed E-state index contributed by atoms with van der Waals surface area (Å²) in [5.41, 5.74) is 0.678. The van der Waals surface area contributed by atoms with Crippen LogP contribution in [0, 0.1) is 6.92 Å². The van der Waals surface area contributed by atoms with Crippen molar-refractivity contribution < 1.29 is 19.4 Å². The highest BCUT2D eigenvalue weighted by atomic mass is 32.2. The summed E-state index contributed by atoms with van der Waals surface area (Å²) in [6.07, 6.45) is 3.08. The lowest BCUT2D eigenvalue weighted by Gasteiger charge is -2.09. The Morgan fingerprint density at radius 2 is 2.10 bits per heavy atom. The Morgan fingerprint density at radius 1 is 1.38 bits per heavy atom. The van der Waals surface area contributed by atoms with Gasteiger partial charge in [-0.05, 0) is 26.2 Å². The van der Waals surface area contributed by atoms with Crippen LogP contribution in [0.4, 0.5) is 0 Å². The number of rotatable bonds is 7. The van der Waals surface area contributed by atoms with Crippen LogP contribution in [-0.2, 0) is 9.53 Å². The molecule has 1 aliphatic carbocycles. The second kappa shape index (κ2) is 6.89. The molecular weight excluding hydrogens is 292 g/mol. The number of carboxylic acids is 1. The third-order valence-electron chi connectivity index (χ3n) is 3.22. The molecule has 0 unspecified atom stereocenters. The smallest absolute Gasteiger partial charge is 0.340 e. The van der Waals surface area contributed by atoms with Crippen molar-refractivity contribution in [3.63, 3.8) is 0 Å². The molecule has 0 bridgehead atoms. The summed E-state index contributed by atoms with van der Waals surface area (Å²) in [7, 11) is 1.35. The van der Waals surface area contributed by atoms with Gasteiger partial charge < -0.3 is 9.84 Å². The van der Waals surface area contributed by atoms with Gasteiger partial charge in [0.25, 0.3) is 0 Å². The Labute approximate surface area is 127 Å². The van der Waals surface area contributed by atoms with Crippen LogP contribution in [0.5, 0.6) is 0 Å². The number of esters is 1. The van der Waals surface area contributed by atoms with Gasteiger partial charge in [0.1, 0.15) is 16.4 Å². The van der Waals surface area contributed by atoms with Gasteiger partial charge >= 0.3 is 11.9 Å². The van der Waals surface area contributed by atoms with Crippen LogP contribution in [0.25, 0.3) is 0 Å². The van der Waals surface area contributed by atoms with Crippen LogP contribution in [0.1, 0.15) is 53.5 Å². The molecule has 1 saturated carbocycles. The van der Waals surface area contributed by atoms with Crippen molar-refractivity contribution in [2.24, 2.45) is 0 Å². The standard InChI is InChI=1S/C14H18N2O4S/c1-8-11(14(18)19)13(16-12(15-8)9-5-6-9)21-7-3-4-10(17)20-2/h9H,3-7H2,1-2H3,(H,18,19). The number of thioether (sulfide) groups is 1. The van der Waals surface area contributed by atoms with Crippen molar-refractivity contribution in [1.29, 1.82) is 0 Å². The fraction of sp³-hybridized carbons (Fsp3) is 0.571. The number of carbonyl (C=O) groups is 2. The number of aryl methyl sites for hydroxylation is 1. The van der Waals surface area contributed by atoms with Crippen LogP contribution in [0.3, 0.4) is 0 Å². The van der Waals surface area contributed by atoms with Gasteiger partial charge in [0, 0.05) is 18.1 Å². The van der Waals surface area contributed by atoms with E-state index in [9.17, 15) is 14.7 Å². The zero-order chi connectivity index (χ0) is 15.4. The Kier molecular flexibility index (Phi) is 5.17. The van der Waals surface area contributed by atoms with E-state index in [2.05, 4.69) is 14.7 Å². The van der Waals surface area contributed by atoms with Crippen molar-refractivity contribution >= 4 is 23.7 Å². The van der Waals surface area contributed by atoms with Gasteiger partial charge in [-0.15, -0.1) is 11.8 Å². The zero-order valence-corrected chi connectivity index (χ0v) is 12.9. The first-order chi connectivity index (χ1) is 10.0. The van der Waals surface area contributed by atoms with Gasteiger partial charge in [0.15, 0.2) is 0 Å². The molecule has 0 aliphatic heterocycles. The Bertz CT molecular complexity index is 558. The van der Waals surface area contributed by atoms with E-state index in [-0.39, 0.29) is 11.5 Å². The Hall–Kier alpha value is -1.63. The third-order valence-corrected chi connectivity index (χ3v) is 4.28. The number of aromatic nitrogens is 2. The summed E-state index contributed by atoms with van der Waals surface area (Å²) < 4.78 is 4.57. The first kappa shape index (κ1) is 15.8. The minimum absolute atomic E-state index is 0.169. The van der Waals surface area contributed by atoms with Crippen molar-refractivity contribution in [1.82, 2.24) is 9.97 Å². The van der Waals surface area contributed by atoms with Crippen molar-refractivity contribution in [2.75, 3.05) is 12.9 Å². The first-order valence-corrected chi connectivity index (χ1v) is 7.83. The van der Waals surface area contributed by atoms with E-state index in [1.165, 1.54) is 18.9 Å². The lowest BCUT2D eigenvalue weighted by molar-refractivity contribution is -0.140. The predicted molar refractivity (Wildman–Crippen MR) is 77.7 cm³/mol. The molecule has 1 fully saturated rings. The normalized spacial score (nSPS) is 14.0. The van der Waals surface area contributed by atoms with Crippen LogP contribution in [0.2, 0.25) is 0 Å². The highest BCUT2D eigenvalue weighted by molar-refractivity contribution is 7.99. The number of carbonyl (C=O) groups excluding carboxylic acids is 1. The molecule has 7 heteroatoms. The molecule has 2 rings (SSSR count). The summed E-state index contributed by atoms with van der Waals surface area (Å²) in [6, 6.07) is 0. The number of ether oxygens (including phenoxy) is 1. The average Bonchev–Trinajstić information content (AvgIpc) is 3.26. The van der Waals surface area contributed by atoms with Gasteiger partial charge in [-0.3, -0.25) is 4.79 Å². The van der Waals surface area contributed by atoms with Gasteiger partial charge in [-0.1, -0.05) is 0 Å². The summed E-state index contributed by atoms with van der Waals surface area (Å²) >= 11 is 1.36. The highest BCUT2D eigenvalue weighted by Gasteiger charge is 2.29. The van der Waals surface area contributed by atoms with E-state index in [1.54, 1.807) is 6.92 Å². The Morgan fingerprint density at radius 3 is 2.67 bits per heavy atom. The third kappa shape index (κ3) is 4.17. The minimum atomic E-state index is -1.01. The van der Waals surface area contributed by atoms with Crippen molar-refractivity contribution in [3.05, 3.63) is 17.1 Å². The van der Waals surface area contributed by atoms with Crippen LogP contribution < -0.4 is 0 Å². The maximum absolute atomic E-state index is 11.4. The monoisotopic (exact) mass is 310 g/mol. The number of nitrogens with zero attached hydrogens (tertiary/aromatic N) is 2. The molecule has 1 aromatic heterocycles. The molecule has 0 spiro atoms. The lowest BCUT2D eigenvalue weighted by atomic mass is 10.2. The molecule has 6 nitrogen and oxygen atoms in total. The van der Waals surface area contributed by atoms with Crippen molar-refractivity contribution in [3.8, 4) is 0 Å². The molecule has 114 valence electrons. The quantitative estimate of drug-likeness (QED) is 0.358. The molecular formula is C14H18N2O4S. The molecule has 0 atom stereocenters. The number of aromatic carboxylic acids is 1. The van der Waals surface area contributed by atoms with Crippen LogP contribution >= 0.6 is 11.8 Å². The largest absolute Gasteiger partial charge is 0.478 e. The maximum Gasteiger partial charge on any atom is 0.340 e. The molecule has 1 N–H and O–H groups in total. The van der Waals surface area contributed by atoms with Crippen LogP contribution in [0.15, 0.2) is 5.03 Å². The van der Waals surface area contributed by atoms with E-state index in [4.69, 9.17) is 0 Å². The topological polar surface area (TPSA) is 89.4 Å². The van der Waals surface area contributed by atoms with Gasteiger partial charge in [0.2, 0.25) is 0 Å². The van der Waals surface area contributed by atoms with E-state index in [0.29, 0.717) is 35.2 Å². The van der Waals surface area contributed by atoms with E-state index in [0.717, 1.165) is 18.7 Å². The first-order valence-electron chi connectivity index (χ1n) is 6.84. The predicted octanol–water partition coefficient (Wildman–Crippen LogP) is 2.41. The molecule has 0 radical (unpaired) electrons. The SMILES string of the molecule is COC(=O)CCCSc1nc(C2CC2)nc(C)c1C(=O)O. The summed E-state index contributed by atoms with van der Waals surface area (Å²) in [5, 5.41) is 9.81. The lowest BCUT2D eigenvalue weighted by Crippen LogP contribution is -2.09. The number of carboxylic acid groups (broad SMARTS) is 1. The summed E-state index contributed by atoms with van der Waals surface area (Å²) in [5.74, 6) is 0.474. The molecule has 0 amide bonds. The second-order valence-corrected chi connectivity index (χ2v) is 6.04. The fourth-order valence-electron chi connectivity index (χ4n) is 1.93. The summed E-state index contributed by atoms with van der Waals surface area (Å²) in [6.45, 7) is 1.70. The average molecular weight is 310 g/mol. The number of hydrogen-bond donors (Lipinski definition) is 1. The summed E-state index contributed by atoms with van der Waals surface area (Å²) in [4.78, 5) is 31.1. The molecule has 21 heavy (non-hydrogen) atoms. The minimum Gasteiger partial charge on any atom is -0.478 e. The maximum atomic E-state index is 11.4. The Balaban J connectivity index is 2.08. The van der Waals surface area contributed by atoms with Gasteiger partial charge in [0.05, 0.1) is 12.8 Å². The molecule has 1 aromatic rings. The van der Waals surface area contributed by atoms with Crippen molar-refractivity contribution in [2.45, 2.75) is 43.6 Å². The van der Waals surface area contributed by atoms with E-state index >= 15 is 0 Å². The molecule has 1 heterocycles. The molecule has 0 saturated heterocycles. The fourth-order valence-corrected chi connectivity index (χ4v) is 2.95.